The third-order valence-electron chi connectivity index (χ3n) is 3.51. The molecule has 0 aliphatic heterocycles. The van der Waals surface area contributed by atoms with Gasteiger partial charge in [0.2, 0.25) is 11.8 Å². The number of nitrogens with zero attached hydrogens (tertiary/aromatic N) is 1. The van der Waals surface area contributed by atoms with Crippen molar-refractivity contribution in [3.63, 3.8) is 0 Å². The van der Waals surface area contributed by atoms with Crippen molar-refractivity contribution in [2.45, 2.75) is 20.4 Å². The minimum Gasteiger partial charge on any atom is -0.329 e. The summed E-state index contributed by atoms with van der Waals surface area (Å²) in [6.07, 6.45) is 0. The SMILES string of the molecule is CC(=O)N(CC(=O)Nc1cccc(Cl)c1)Cc1ccccc1C. The van der Waals surface area contributed by atoms with Gasteiger partial charge in [0, 0.05) is 24.2 Å². The zero-order valence-electron chi connectivity index (χ0n) is 13.2. The molecule has 0 heterocycles. The Balaban J connectivity index is 2.03. The van der Waals surface area contributed by atoms with E-state index in [-0.39, 0.29) is 18.4 Å². The monoisotopic (exact) mass is 330 g/mol. The lowest BCUT2D eigenvalue weighted by Gasteiger charge is -2.21. The topological polar surface area (TPSA) is 49.4 Å². The highest BCUT2D eigenvalue weighted by Gasteiger charge is 2.15. The lowest BCUT2D eigenvalue weighted by atomic mass is 10.1. The number of rotatable bonds is 5. The van der Waals surface area contributed by atoms with Gasteiger partial charge in [0.15, 0.2) is 0 Å². The lowest BCUT2D eigenvalue weighted by molar-refractivity contribution is -0.133. The van der Waals surface area contributed by atoms with Crippen LogP contribution in [-0.4, -0.2) is 23.3 Å². The van der Waals surface area contributed by atoms with Gasteiger partial charge in [-0.05, 0) is 36.2 Å². The number of benzene rings is 2. The predicted octanol–water partition coefficient (Wildman–Crippen LogP) is 3.64. The van der Waals surface area contributed by atoms with E-state index in [1.165, 1.54) is 11.8 Å². The van der Waals surface area contributed by atoms with Gasteiger partial charge in [-0.3, -0.25) is 9.59 Å². The Morgan fingerprint density at radius 2 is 1.87 bits per heavy atom. The highest BCUT2D eigenvalue weighted by atomic mass is 35.5. The molecule has 5 heteroatoms. The van der Waals surface area contributed by atoms with E-state index in [4.69, 9.17) is 11.6 Å². The van der Waals surface area contributed by atoms with Crippen LogP contribution in [0.15, 0.2) is 48.5 Å². The van der Waals surface area contributed by atoms with Crippen molar-refractivity contribution in [3.05, 3.63) is 64.7 Å². The summed E-state index contributed by atoms with van der Waals surface area (Å²) in [7, 11) is 0. The molecule has 0 fully saturated rings. The molecule has 0 spiro atoms. The quantitative estimate of drug-likeness (QED) is 0.910. The predicted molar refractivity (Wildman–Crippen MR) is 92.4 cm³/mol. The van der Waals surface area contributed by atoms with Crippen LogP contribution in [0, 0.1) is 6.92 Å². The summed E-state index contributed by atoms with van der Waals surface area (Å²) in [6.45, 7) is 3.85. The van der Waals surface area contributed by atoms with Crippen LogP contribution in [0.5, 0.6) is 0 Å². The van der Waals surface area contributed by atoms with E-state index in [2.05, 4.69) is 5.32 Å². The highest BCUT2D eigenvalue weighted by Crippen LogP contribution is 2.15. The van der Waals surface area contributed by atoms with Gasteiger partial charge in [-0.1, -0.05) is 41.9 Å². The van der Waals surface area contributed by atoms with Crippen molar-refractivity contribution in [1.29, 1.82) is 0 Å². The molecular formula is C18H19ClN2O2. The van der Waals surface area contributed by atoms with Crippen molar-refractivity contribution < 1.29 is 9.59 Å². The fraction of sp³-hybridized carbons (Fsp3) is 0.222. The van der Waals surface area contributed by atoms with Gasteiger partial charge in [-0.2, -0.15) is 0 Å². The number of anilines is 1. The first kappa shape index (κ1) is 17.0. The second kappa shape index (κ2) is 7.79. The number of amides is 2. The fourth-order valence-electron chi connectivity index (χ4n) is 2.21. The zero-order valence-corrected chi connectivity index (χ0v) is 13.9. The average molecular weight is 331 g/mol. The third-order valence-corrected chi connectivity index (χ3v) is 3.75. The summed E-state index contributed by atoms with van der Waals surface area (Å²) in [6, 6.07) is 14.7. The molecule has 0 aliphatic carbocycles. The van der Waals surface area contributed by atoms with Crippen LogP contribution < -0.4 is 5.32 Å². The van der Waals surface area contributed by atoms with Gasteiger partial charge >= 0.3 is 0 Å². The second-order valence-corrected chi connectivity index (χ2v) is 5.80. The normalized spacial score (nSPS) is 10.2. The Morgan fingerprint density at radius 3 is 2.52 bits per heavy atom. The van der Waals surface area contributed by atoms with Crippen LogP contribution in [0.25, 0.3) is 0 Å². The first-order valence-corrected chi connectivity index (χ1v) is 7.69. The molecule has 2 aromatic carbocycles. The van der Waals surface area contributed by atoms with E-state index in [0.717, 1.165) is 11.1 Å². The van der Waals surface area contributed by atoms with E-state index in [9.17, 15) is 9.59 Å². The van der Waals surface area contributed by atoms with Gasteiger partial charge in [0.1, 0.15) is 6.54 Å². The molecule has 23 heavy (non-hydrogen) atoms. The summed E-state index contributed by atoms with van der Waals surface area (Å²) < 4.78 is 0. The number of nitrogens with one attached hydrogen (secondary N) is 1. The molecular weight excluding hydrogens is 312 g/mol. The Hall–Kier alpha value is -2.33. The minimum atomic E-state index is -0.254. The summed E-state index contributed by atoms with van der Waals surface area (Å²) in [5.41, 5.74) is 2.73. The van der Waals surface area contributed by atoms with Crippen LogP contribution in [0.1, 0.15) is 18.1 Å². The average Bonchev–Trinajstić information content (AvgIpc) is 2.48. The van der Waals surface area contributed by atoms with E-state index in [1.54, 1.807) is 24.3 Å². The van der Waals surface area contributed by atoms with Crippen molar-refractivity contribution in [2.24, 2.45) is 0 Å². The third kappa shape index (κ3) is 5.11. The van der Waals surface area contributed by atoms with Gasteiger partial charge in [-0.25, -0.2) is 0 Å². The van der Waals surface area contributed by atoms with Gasteiger partial charge in [0.25, 0.3) is 0 Å². The molecule has 0 unspecified atom stereocenters. The highest BCUT2D eigenvalue weighted by molar-refractivity contribution is 6.30. The molecule has 120 valence electrons. The number of carbonyl (C=O) groups excluding carboxylic acids is 2. The molecule has 2 rings (SSSR count). The maximum Gasteiger partial charge on any atom is 0.244 e. The Kier molecular flexibility index (Phi) is 5.77. The van der Waals surface area contributed by atoms with Crippen molar-refractivity contribution in [1.82, 2.24) is 4.90 Å². The Bertz CT molecular complexity index is 716. The van der Waals surface area contributed by atoms with Gasteiger partial charge in [0.05, 0.1) is 0 Å². The molecule has 0 saturated carbocycles. The summed E-state index contributed by atoms with van der Waals surface area (Å²) in [5.74, 6) is -0.398. The largest absolute Gasteiger partial charge is 0.329 e. The summed E-state index contributed by atoms with van der Waals surface area (Å²) >= 11 is 5.89. The van der Waals surface area contributed by atoms with E-state index in [0.29, 0.717) is 17.3 Å². The lowest BCUT2D eigenvalue weighted by Crippen LogP contribution is -2.36. The van der Waals surface area contributed by atoms with Crippen molar-refractivity contribution in [3.8, 4) is 0 Å². The number of aryl methyl sites for hydroxylation is 1. The van der Waals surface area contributed by atoms with Crippen LogP contribution >= 0.6 is 11.6 Å². The summed E-state index contributed by atoms with van der Waals surface area (Å²) in [5, 5.41) is 3.30. The number of carbonyl (C=O) groups is 2. The minimum absolute atomic E-state index is 0.00379. The number of halogens is 1. The maximum atomic E-state index is 12.2. The molecule has 4 nitrogen and oxygen atoms in total. The van der Waals surface area contributed by atoms with E-state index < -0.39 is 0 Å². The second-order valence-electron chi connectivity index (χ2n) is 5.36. The van der Waals surface area contributed by atoms with Crippen molar-refractivity contribution >= 4 is 29.1 Å². The smallest absolute Gasteiger partial charge is 0.244 e. The summed E-state index contributed by atoms with van der Waals surface area (Å²) in [4.78, 5) is 25.5. The van der Waals surface area contributed by atoms with E-state index >= 15 is 0 Å². The number of hydrogen-bond donors (Lipinski definition) is 1. The molecule has 0 aliphatic rings. The molecule has 0 bridgehead atoms. The number of hydrogen-bond acceptors (Lipinski definition) is 2. The van der Waals surface area contributed by atoms with Crippen LogP contribution in [0.2, 0.25) is 5.02 Å². The molecule has 0 atom stereocenters. The molecule has 2 aromatic rings. The standard InChI is InChI=1S/C18H19ClN2O2/c1-13-6-3-4-7-15(13)11-21(14(2)22)12-18(23)20-17-9-5-8-16(19)10-17/h3-10H,11-12H2,1-2H3,(H,20,23). The van der Waals surface area contributed by atoms with Crippen molar-refractivity contribution in [2.75, 3.05) is 11.9 Å². The first-order valence-electron chi connectivity index (χ1n) is 7.31. The molecule has 0 radical (unpaired) electrons. The fourth-order valence-corrected chi connectivity index (χ4v) is 2.40. The first-order chi connectivity index (χ1) is 11.0. The van der Waals surface area contributed by atoms with Gasteiger partial charge in [-0.15, -0.1) is 0 Å². The molecule has 0 saturated heterocycles. The molecule has 0 aromatic heterocycles. The van der Waals surface area contributed by atoms with Gasteiger partial charge < -0.3 is 10.2 Å². The maximum absolute atomic E-state index is 12.2. The van der Waals surface area contributed by atoms with Crippen LogP contribution in [-0.2, 0) is 16.1 Å². The Labute approximate surface area is 141 Å². The van der Waals surface area contributed by atoms with Crippen LogP contribution in [0.4, 0.5) is 5.69 Å². The molecule has 2 amide bonds. The van der Waals surface area contributed by atoms with E-state index in [1.807, 2.05) is 31.2 Å². The zero-order chi connectivity index (χ0) is 16.8. The molecule has 1 N–H and O–H groups in total. The Morgan fingerprint density at radius 1 is 1.13 bits per heavy atom. The van der Waals surface area contributed by atoms with Crippen LogP contribution in [0.3, 0.4) is 0 Å².